The fourth-order valence-electron chi connectivity index (χ4n) is 1.96. The maximum absolute atomic E-state index is 12.0. The van der Waals surface area contributed by atoms with E-state index in [9.17, 15) is 8.42 Å². The molecule has 0 bridgehead atoms. The Labute approximate surface area is 88.8 Å². The first-order valence-electron chi connectivity index (χ1n) is 5.05. The summed E-state index contributed by atoms with van der Waals surface area (Å²) in [5, 5.41) is 11.2. The van der Waals surface area contributed by atoms with Crippen molar-refractivity contribution in [1.29, 1.82) is 0 Å². The Balaban J connectivity index is 2.21. The van der Waals surface area contributed by atoms with Gasteiger partial charge in [-0.3, -0.25) is 0 Å². The minimum Gasteiger partial charge on any atom is -0.409 e. The van der Waals surface area contributed by atoms with Crippen molar-refractivity contribution in [2.75, 3.05) is 6.54 Å². The number of oxime groups is 1. The van der Waals surface area contributed by atoms with Crippen molar-refractivity contribution in [1.82, 2.24) is 4.31 Å². The summed E-state index contributed by atoms with van der Waals surface area (Å²) in [5.41, 5.74) is 5.48. The molecule has 86 valence electrons. The number of hydrogen-bond donors (Lipinski definition) is 2. The lowest BCUT2D eigenvalue weighted by atomic mass is 10.2. The zero-order chi connectivity index (χ0) is 11.1. The highest BCUT2D eigenvalue weighted by molar-refractivity contribution is 7.90. The van der Waals surface area contributed by atoms with Crippen LogP contribution in [0.15, 0.2) is 5.16 Å². The van der Waals surface area contributed by atoms with Crippen LogP contribution >= 0.6 is 0 Å². The monoisotopic (exact) mass is 233 g/mol. The second-order valence-electron chi connectivity index (χ2n) is 4.04. The molecule has 2 fully saturated rings. The lowest BCUT2D eigenvalue weighted by molar-refractivity contribution is 0.311. The van der Waals surface area contributed by atoms with Crippen molar-refractivity contribution >= 4 is 15.9 Å². The zero-order valence-corrected chi connectivity index (χ0v) is 9.15. The van der Waals surface area contributed by atoms with Gasteiger partial charge in [0.15, 0.2) is 5.84 Å². The van der Waals surface area contributed by atoms with Crippen LogP contribution in [-0.2, 0) is 10.0 Å². The highest BCUT2D eigenvalue weighted by atomic mass is 32.2. The van der Waals surface area contributed by atoms with E-state index in [2.05, 4.69) is 5.16 Å². The molecule has 0 amide bonds. The second-order valence-corrected chi connectivity index (χ2v) is 6.20. The summed E-state index contributed by atoms with van der Waals surface area (Å²) in [7, 11) is -3.21. The van der Waals surface area contributed by atoms with Crippen molar-refractivity contribution in [2.24, 2.45) is 10.9 Å². The summed E-state index contributed by atoms with van der Waals surface area (Å²) < 4.78 is 25.3. The Kier molecular flexibility index (Phi) is 2.59. The lowest BCUT2D eigenvalue weighted by Gasteiger charge is -2.22. The molecule has 0 aromatic heterocycles. The Morgan fingerprint density at radius 2 is 2.07 bits per heavy atom. The Hall–Kier alpha value is -0.820. The zero-order valence-electron chi connectivity index (χ0n) is 8.33. The molecule has 1 saturated heterocycles. The molecule has 1 aliphatic carbocycles. The molecule has 7 heteroatoms. The summed E-state index contributed by atoms with van der Waals surface area (Å²) >= 11 is 0. The van der Waals surface area contributed by atoms with Gasteiger partial charge >= 0.3 is 0 Å². The first-order valence-corrected chi connectivity index (χ1v) is 6.55. The number of nitrogens with zero attached hydrogens (tertiary/aromatic N) is 2. The summed E-state index contributed by atoms with van der Waals surface area (Å²) in [5.74, 6) is -0.00303. The molecule has 1 heterocycles. The molecule has 1 unspecified atom stereocenters. The fraction of sp³-hybridized carbons (Fsp3) is 0.875. The van der Waals surface area contributed by atoms with Crippen LogP contribution in [0.4, 0.5) is 0 Å². The fourth-order valence-corrected chi connectivity index (χ4v) is 4.03. The van der Waals surface area contributed by atoms with E-state index in [-0.39, 0.29) is 11.1 Å². The van der Waals surface area contributed by atoms with E-state index in [1.54, 1.807) is 0 Å². The quantitative estimate of drug-likeness (QED) is 0.302. The van der Waals surface area contributed by atoms with Gasteiger partial charge in [0.2, 0.25) is 10.0 Å². The molecule has 0 aromatic carbocycles. The molecule has 15 heavy (non-hydrogen) atoms. The van der Waals surface area contributed by atoms with Gasteiger partial charge < -0.3 is 10.9 Å². The van der Waals surface area contributed by atoms with Crippen molar-refractivity contribution in [3.05, 3.63) is 0 Å². The van der Waals surface area contributed by atoms with Crippen molar-refractivity contribution < 1.29 is 13.6 Å². The summed E-state index contributed by atoms with van der Waals surface area (Å²) in [6, 6.07) is -0.444. The molecular weight excluding hydrogens is 218 g/mol. The summed E-state index contributed by atoms with van der Waals surface area (Å²) in [6.07, 6.45) is 2.89. The third-order valence-electron chi connectivity index (χ3n) is 2.93. The Morgan fingerprint density at radius 1 is 1.40 bits per heavy atom. The topological polar surface area (TPSA) is 96.0 Å². The van der Waals surface area contributed by atoms with Crippen molar-refractivity contribution in [2.45, 2.75) is 37.0 Å². The van der Waals surface area contributed by atoms with Crippen LogP contribution in [0.5, 0.6) is 0 Å². The Bertz CT molecular complexity index is 375. The van der Waals surface area contributed by atoms with Crippen LogP contribution in [0, 0.1) is 0 Å². The van der Waals surface area contributed by atoms with Gasteiger partial charge in [-0.15, -0.1) is 0 Å². The predicted molar refractivity (Wildman–Crippen MR) is 55.1 cm³/mol. The standard InChI is InChI=1S/C8H15N3O3S/c9-8(10-12)7-2-1-5-11(7)15(13,14)6-3-4-6/h6-7,12H,1-5H2,(H2,9,10). The summed E-state index contributed by atoms with van der Waals surface area (Å²) in [4.78, 5) is 0. The van der Waals surface area contributed by atoms with Crippen LogP contribution < -0.4 is 5.73 Å². The first-order chi connectivity index (χ1) is 7.07. The number of rotatable bonds is 3. The van der Waals surface area contributed by atoms with E-state index in [0.717, 1.165) is 19.3 Å². The number of sulfonamides is 1. The molecule has 0 spiro atoms. The average molecular weight is 233 g/mol. The minimum atomic E-state index is -3.21. The van der Waals surface area contributed by atoms with Gasteiger partial charge in [0.1, 0.15) is 0 Å². The first kappa shape index (κ1) is 10.7. The van der Waals surface area contributed by atoms with Crippen LogP contribution in [0.2, 0.25) is 0 Å². The van der Waals surface area contributed by atoms with Crippen molar-refractivity contribution in [3.8, 4) is 0 Å². The van der Waals surface area contributed by atoms with E-state index in [0.29, 0.717) is 13.0 Å². The molecule has 1 atom stereocenters. The summed E-state index contributed by atoms with van der Waals surface area (Å²) in [6.45, 7) is 0.486. The third-order valence-corrected chi connectivity index (χ3v) is 5.34. The molecule has 0 aromatic rings. The molecular formula is C8H15N3O3S. The van der Waals surface area contributed by atoms with Gasteiger partial charge in [-0.1, -0.05) is 5.16 Å². The van der Waals surface area contributed by atoms with Gasteiger partial charge in [-0.05, 0) is 25.7 Å². The molecule has 1 aliphatic heterocycles. The SMILES string of the molecule is NC(=NO)C1CCCN1S(=O)(=O)C1CC1. The highest BCUT2D eigenvalue weighted by Gasteiger charge is 2.45. The third kappa shape index (κ3) is 1.81. The van der Waals surface area contributed by atoms with Gasteiger partial charge in [-0.2, -0.15) is 4.31 Å². The second kappa shape index (κ2) is 3.64. The van der Waals surface area contributed by atoms with Gasteiger partial charge in [0.05, 0.1) is 11.3 Å². The van der Waals surface area contributed by atoms with E-state index in [1.807, 2.05) is 0 Å². The van der Waals surface area contributed by atoms with Crippen LogP contribution in [0.3, 0.4) is 0 Å². The smallest absolute Gasteiger partial charge is 0.217 e. The van der Waals surface area contributed by atoms with E-state index in [1.165, 1.54) is 4.31 Å². The predicted octanol–water partition coefficient (Wildman–Crippen LogP) is -0.311. The van der Waals surface area contributed by atoms with Crippen LogP contribution in [-0.4, -0.2) is 41.6 Å². The molecule has 2 aliphatic rings. The van der Waals surface area contributed by atoms with E-state index in [4.69, 9.17) is 10.9 Å². The Morgan fingerprint density at radius 3 is 2.60 bits per heavy atom. The minimum absolute atomic E-state index is 0.00303. The van der Waals surface area contributed by atoms with Crippen LogP contribution in [0.1, 0.15) is 25.7 Å². The van der Waals surface area contributed by atoms with Crippen molar-refractivity contribution in [3.63, 3.8) is 0 Å². The van der Waals surface area contributed by atoms with E-state index < -0.39 is 16.1 Å². The molecule has 3 N–H and O–H groups in total. The molecule has 1 saturated carbocycles. The van der Waals surface area contributed by atoms with Gasteiger partial charge in [0.25, 0.3) is 0 Å². The normalized spacial score (nSPS) is 29.6. The molecule has 6 nitrogen and oxygen atoms in total. The van der Waals surface area contributed by atoms with Crippen LogP contribution in [0.25, 0.3) is 0 Å². The highest BCUT2D eigenvalue weighted by Crippen LogP contribution is 2.34. The largest absolute Gasteiger partial charge is 0.409 e. The number of hydrogen-bond acceptors (Lipinski definition) is 4. The average Bonchev–Trinajstić information content (AvgIpc) is 2.95. The number of amidine groups is 1. The van der Waals surface area contributed by atoms with E-state index >= 15 is 0 Å². The lowest BCUT2D eigenvalue weighted by Crippen LogP contribution is -2.45. The van der Waals surface area contributed by atoms with Gasteiger partial charge in [-0.25, -0.2) is 8.42 Å². The van der Waals surface area contributed by atoms with Gasteiger partial charge in [0, 0.05) is 6.54 Å². The molecule has 0 radical (unpaired) electrons. The maximum Gasteiger partial charge on any atom is 0.217 e. The maximum atomic E-state index is 12.0. The number of nitrogens with two attached hydrogens (primary N) is 1. The molecule has 2 rings (SSSR count).